The maximum atomic E-state index is 11.6. The zero-order valence-corrected chi connectivity index (χ0v) is 10.8. The summed E-state index contributed by atoms with van der Waals surface area (Å²) in [5, 5.41) is 0. The molecule has 16 heavy (non-hydrogen) atoms. The molecule has 0 radical (unpaired) electrons. The van der Waals surface area contributed by atoms with Crippen molar-refractivity contribution in [2.75, 3.05) is 18.9 Å². The molecule has 92 valence electrons. The Morgan fingerprint density at radius 3 is 2.38 bits per heavy atom. The average molecular weight is 263 g/mol. The highest BCUT2D eigenvalue weighted by Gasteiger charge is 2.16. The van der Waals surface area contributed by atoms with Gasteiger partial charge >= 0.3 is 0 Å². The third-order valence-corrected chi connectivity index (χ3v) is 4.24. The van der Waals surface area contributed by atoms with Gasteiger partial charge in [-0.25, -0.2) is 0 Å². The van der Waals surface area contributed by atoms with E-state index < -0.39 is 7.37 Å². The standard InChI is InChI=1S/C11H18NO2P.ClH/c12-8-4-9-15(13,14)10-7-11-5-2-1-3-6-11;/h1-3,5-6H,4,7-10,12H2,(H,13,14);1H/p-1. The molecule has 0 amide bonds. The van der Waals surface area contributed by atoms with E-state index in [0.29, 0.717) is 31.7 Å². The molecule has 0 spiro atoms. The monoisotopic (exact) mass is 262 g/mol. The smallest absolute Gasteiger partial charge is 0.201 e. The van der Waals surface area contributed by atoms with Gasteiger partial charge in [0.05, 0.1) is 0 Å². The first-order valence-electron chi connectivity index (χ1n) is 5.19. The third-order valence-electron chi connectivity index (χ3n) is 2.30. The molecule has 0 bridgehead atoms. The van der Waals surface area contributed by atoms with Gasteiger partial charge in [-0.1, -0.05) is 30.3 Å². The van der Waals surface area contributed by atoms with Crippen LogP contribution in [0.2, 0.25) is 0 Å². The minimum atomic E-state index is -2.95. The van der Waals surface area contributed by atoms with Crippen molar-refractivity contribution >= 4 is 7.37 Å². The van der Waals surface area contributed by atoms with Crippen LogP contribution in [0, 0.1) is 0 Å². The van der Waals surface area contributed by atoms with Gasteiger partial charge in [-0.3, -0.25) is 4.57 Å². The summed E-state index contributed by atoms with van der Waals surface area (Å²) in [5.41, 5.74) is 6.42. The van der Waals surface area contributed by atoms with Crippen LogP contribution >= 0.6 is 7.37 Å². The van der Waals surface area contributed by atoms with Crippen LogP contribution in [-0.2, 0) is 11.0 Å². The molecule has 1 aromatic rings. The lowest BCUT2D eigenvalue weighted by Gasteiger charge is -2.10. The van der Waals surface area contributed by atoms with Gasteiger partial charge < -0.3 is 23.0 Å². The first kappa shape index (κ1) is 15.7. The maximum absolute atomic E-state index is 11.6. The lowest BCUT2D eigenvalue weighted by molar-refractivity contribution is -0.00000613. The van der Waals surface area contributed by atoms with Crippen LogP contribution < -0.4 is 18.1 Å². The Kier molecular flexibility index (Phi) is 7.69. The van der Waals surface area contributed by atoms with Crippen molar-refractivity contribution in [3.63, 3.8) is 0 Å². The van der Waals surface area contributed by atoms with E-state index in [1.807, 2.05) is 30.3 Å². The summed E-state index contributed by atoms with van der Waals surface area (Å²) in [6.07, 6.45) is 2.00. The Morgan fingerprint density at radius 1 is 1.19 bits per heavy atom. The van der Waals surface area contributed by atoms with E-state index in [-0.39, 0.29) is 12.4 Å². The van der Waals surface area contributed by atoms with Crippen LogP contribution in [-0.4, -0.2) is 23.8 Å². The summed E-state index contributed by atoms with van der Waals surface area (Å²) in [6.45, 7) is 0.482. The van der Waals surface area contributed by atoms with E-state index in [9.17, 15) is 9.46 Å². The second-order valence-electron chi connectivity index (χ2n) is 3.67. The van der Waals surface area contributed by atoms with E-state index in [4.69, 9.17) is 5.73 Å². The van der Waals surface area contributed by atoms with Gasteiger partial charge in [0.1, 0.15) is 0 Å². The molecule has 1 unspecified atom stereocenters. The van der Waals surface area contributed by atoms with Crippen LogP contribution in [0.3, 0.4) is 0 Å². The molecule has 3 nitrogen and oxygen atoms in total. The second kappa shape index (κ2) is 7.86. The second-order valence-corrected chi connectivity index (χ2v) is 6.26. The Labute approximate surface area is 103 Å². The zero-order valence-electron chi connectivity index (χ0n) is 9.18. The minimum Gasteiger partial charge on any atom is -1.00 e. The number of nitrogens with two attached hydrogens (primary N) is 1. The number of hydrogen-bond donors (Lipinski definition) is 2. The highest BCUT2D eigenvalue weighted by molar-refractivity contribution is 7.57. The van der Waals surface area contributed by atoms with Crippen molar-refractivity contribution in [2.45, 2.75) is 12.8 Å². The van der Waals surface area contributed by atoms with Gasteiger partial charge in [-0.15, -0.1) is 0 Å². The predicted octanol–water partition coefficient (Wildman–Crippen LogP) is -1.15. The normalized spacial score (nSPS) is 13.9. The molecule has 1 aromatic carbocycles. The molecule has 0 heterocycles. The van der Waals surface area contributed by atoms with Gasteiger partial charge in [0.2, 0.25) is 7.37 Å². The first-order valence-corrected chi connectivity index (χ1v) is 7.22. The molecule has 0 saturated carbocycles. The summed E-state index contributed by atoms with van der Waals surface area (Å²) >= 11 is 0. The Morgan fingerprint density at radius 2 is 1.81 bits per heavy atom. The van der Waals surface area contributed by atoms with Gasteiger partial charge in [-0.05, 0) is 24.9 Å². The van der Waals surface area contributed by atoms with Crippen molar-refractivity contribution in [3.05, 3.63) is 35.9 Å². The van der Waals surface area contributed by atoms with E-state index in [2.05, 4.69) is 0 Å². The molecule has 0 aromatic heterocycles. The van der Waals surface area contributed by atoms with Crippen LogP contribution in [0.15, 0.2) is 30.3 Å². The number of rotatable bonds is 6. The predicted molar refractivity (Wildman–Crippen MR) is 63.4 cm³/mol. The fourth-order valence-electron chi connectivity index (χ4n) is 1.40. The molecule has 3 N–H and O–H groups in total. The van der Waals surface area contributed by atoms with Gasteiger partial charge in [0, 0.05) is 12.3 Å². The Bertz CT molecular complexity index is 332. The van der Waals surface area contributed by atoms with E-state index in [1.54, 1.807) is 0 Å². The molecule has 1 rings (SSSR count). The van der Waals surface area contributed by atoms with Crippen LogP contribution in [0.1, 0.15) is 12.0 Å². The highest BCUT2D eigenvalue weighted by atomic mass is 35.5. The summed E-state index contributed by atoms with van der Waals surface area (Å²) in [5.74, 6) is 0. The van der Waals surface area contributed by atoms with Crippen molar-refractivity contribution in [1.82, 2.24) is 0 Å². The van der Waals surface area contributed by atoms with E-state index in [1.165, 1.54) is 0 Å². The van der Waals surface area contributed by atoms with E-state index >= 15 is 0 Å². The molecule has 1 atom stereocenters. The van der Waals surface area contributed by atoms with Crippen LogP contribution in [0.25, 0.3) is 0 Å². The quantitative estimate of drug-likeness (QED) is 0.637. The molecule has 0 saturated heterocycles. The lowest BCUT2D eigenvalue weighted by atomic mass is 10.2. The summed E-state index contributed by atoms with van der Waals surface area (Å²) in [6, 6.07) is 9.78. The van der Waals surface area contributed by atoms with Crippen LogP contribution in [0.4, 0.5) is 0 Å². The van der Waals surface area contributed by atoms with Crippen molar-refractivity contribution in [1.29, 1.82) is 0 Å². The molecule has 0 aliphatic rings. The van der Waals surface area contributed by atoms with Crippen LogP contribution in [0.5, 0.6) is 0 Å². The number of benzene rings is 1. The zero-order chi connectivity index (χ0) is 11.1. The first-order chi connectivity index (χ1) is 7.14. The summed E-state index contributed by atoms with van der Waals surface area (Å²) in [7, 11) is -2.95. The molecule has 0 fully saturated rings. The molecule has 0 aliphatic heterocycles. The molecular formula is C11H18ClNO2P-. The summed E-state index contributed by atoms with van der Waals surface area (Å²) < 4.78 is 11.6. The fraction of sp³-hybridized carbons (Fsp3) is 0.455. The van der Waals surface area contributed by atoms with Crippen molar-refractivity contribution in [3.8, 4) is 0 Å². The Balaban J connectivity index is 0.00000225. The molecular weight excluding hydrogens is 245 g/mol. The van der Waals surface area contributed by atoms with Gasteiger partial charge in [0.15, 0.2) is 0 Å². The Hall–Kier alpha value is -0.340. The third kappa shape index (κ3) is 6.29. The van der Waals surface area contributed by atoms with E-state index in [0.717, 1.165) is 5.56 Å². The van der Waals surface area contributed by atoms with Crippen molar-refractivity contribution in [2.24, 2.45) is 5.73 Å². The SMILES string of the molecule is NCCCP(=O)(O)CCc1ccccc1.[Cl-]. The fourth-order valence-corrected chi connectivity index (χ4v) is 2.91. The summed E-state index contributed by atoms with van der Waals surface area (Å²) in [4.78, 5) is 9.61. The number of halogens is 1. The lowest BCUT2D eigenvalue weighted by Crippen LogP contribution is -3.00. The number of aryl methyl sites for hydroxylation is 1. The molecule has 0 aliphatic carbocycles. The minimum absolute atomic E-state index is 0. The topological polar surface area (TPSA) is 63.3 Å². The highest BCUT2D eigenvalue weighted by Crippen LogP contribution is 2.41. The molecule has 5 heteroatoms. The van der Waals surface area contributed by atoms with Crippen molar-refractivity contribution < 1.29 is 21.9 Å². The average Bonchev–Trinajstić information content (AvgIpc) is 2.25. The largest absolute Gasteiger partial charge is 1.00 e. The van der Waals surface area contributed by atoms with Gasteiger partial charge in [-0.2, -0.15) is 0 Å². The number of hydrogen-bond acceptors (Lipinski definition) is 2. The van der Waals surface area contributed by atoms with Gasteiger partial charge in [0.25, 0.3) is 0 Å². The maximum Gasteiger partial charge on any atom is 0.201 e.